The van der Waals surface area contributed by atoms with Gasteiger partial charge in [0.2, 0.25) is 0 Å². The van der Waals surface area contributed by atoms with Crippen molar-refractivity contribution in [2.45, 2.75) is 37.3 Å². The van der Waals surface area contributed by atoms with Gasteiger partial charge in [-0.25, -0.2) is 0 Å². The quantitative estimate of drug-likeness (QED) is 0.882. The number of nitrogens with one attached hydrogen (secondary N) is 1. The molecule has 132 valence electrons. The fourth-order valence-corrected chi connectivity index (χ4v) is 6.27. The number of carbonyl (C=O) groups excluding carboxylic acids is 1. The predicted molar refractivity (Wildman–Crippen MR) is 101 cm³/mol. The molecule has 1 N–H and O–H groups in total. The number of nitrogens with zero attached hydrogens (tertiary/aromatic N) is 1. The number of fused-ring (bicyclic) bond motifs is 3. The van der Waals surface area contributed by atoms with Crippen LogP contribution in [0.3, 0.4) is 0 Å². The number of hydrogen-bond acceptors (Lipinski definition) is 4. The molecule has 6 rings (SSSR count). The molecule has 2 aromatic rings. The maximum atomic E-state index is 13.0. The van der Waals surface area contributed by atoms with E-state index in [0.717, 1.165) is 15.0 Å². The summed E-state index contributed by atoms with van der Waals surface area (Å²) in [6, 6.07) is 6.03. The summed E-state index contributed by atoms with van der Waals surface area (Å²) < 4.78 is 6.36. The van der Waals surface area contributed by atoms with Crippen molar-refractivity contribution in [3.8, 4) is 5.75 Å². The SMILES string of the molecule is COc1c(Cl)ccc2cc(C(=O)N[C@H]3C4CCN(CC4)C34CC4)sc12. The number of amides is 1. The Morgan fingerprint density at radius 2 is 2.12 bits per heavy atom. The Morgan fingerprint density at radius 3 is 2.80 bits per heavy atom. The molecule has 1 amide bonds. The molecule has 4 aliphatic rings. The normalized spacial score (nSPS) is 29.1. The van der Waals surface area contributed by atoms with Crippen LogP contribution >= 0.6 is 22.9 Å². The van der Waals surface area contributed by atoms with Crippen molar-refractivity contribution >= 4 is 38.9 Å². The summed E-state index contributed by atoms with van der Waals surface area (Å²) in [6.45, 7) is 2.41. The highest BCUT2D eigenvalue weighted by molar-refractivity contribution is 7.21. The fraction of sp³-hybridized carbons (Fsp3) is 0.526. The summed E-state index contributed by atoms with van der Waals surface area (Å²) in [7, 11) is 1.62. The lowest BCUT2D eigenvalue weighted by Crippen LogP contribution is -2.65. The van der Waals surface area contributed by atoms with Crippen LogP contribution in [0.2, 0.25) is 5.02 Å². The van der Waals surface area contributed by atoms with Crippen molar-refractivity contribution in [2.24, 2.45) is 5.92 Å². The lowest BCUT2D eigenvalue weighted by Gasteiger charge is -2.52. The molecule has 1 atom stereocenters. The number of halogens is 1. The largest absolute Gasteiger partial charge is 0.494 e. The third-order valence-corrected chi connectivity index (χ3v) is 7.74. The van der Waals surface area contributed by atoms with Crippen LogP contribution in [0.4, 0.5) is 0 Å². The third kappa shape index (κ3) is 2.32. The van der Waals surface area contributed by atoms with Crippen LogP contribution < -0.4 is 10.1 Å². The number of hydrogen-bond donors (Lipinski definition) is 1. The van der Waals surface area contributed by atoms with Gasteiger partial charge in [-0.3, -0.25) is 9.69 Å². The molecular weight excluding hydrogens is 356 g/mol. The molecule has 3 saturated heterocycles. The zero-order chi connectivity index (χ0) is 17.2. The van der Waals surface area contributed by atoms with E-state index in [-0.39, 0.29) is 11.4 Å². The number of benzene rings is 1. The van der Waals surface area contributed by atoms with Gasteiger partial charge in [0, 0.05) is 5.54 Å². The molecular formula is C19H21ClN2O2S. The zero-order valence-electron chi connectivity index (χ0n) is 14.2. The molecule has 2 bridgehead atoms. The van der Waals surface area contributed by atoms with E-state index < -0.39 is 0 Å². The Labute approximate surface area is 156 Å². The third-order valence-electron chi connectivity index (χ3n) is 6.29. The summed E-state index contributed by atoms with van der Waals surface area (Å²) in [5.74, 6) is 1.34. The van der Waals surface area contributed by atoms with Crippen LogP contribution in [0.5, 0.6) is 5.75 Å². The first kappa shape index (κ1) is 15.9. The van der Waals surface area contributed by atoms with E-state index in [1.807, 2.05) is 18.2 Å². The van der Waals surface area contributed by atoms with Crippen LogP contribution in [-0.2, 0) is 0 Å². The molecule has 25 heavy (non-hydrogen) atoms. The molecule has 0 radical (unpaired) electrons. The van der Waals surface area contributed by atoms with Gasteiger partial charge in [-0.05, 0) is 62.2 Å². The van der Waals surface area contributed by atoms with Crippen LogP contribution in [0, 0.1) is 5.92 Å². The Morgan fingerprint density at radius 1 is 1.36 bits per heavy atom. The van der Waals surface area contributed by atoms with Crippen molar-refractivity contribution in [1.82, 2.24) is 10.2 Å². The van der Waals surface area contributed by atoms with E-state index in [1.54, 1.807) is 7.11 Å². The van der Waals surface area contributed by atoms with Gasteiger partial charge in [0.05, 0.1) is 27.8 Å². The number of ether oxygens (including phenoxy) is 1. The Kier molecular flexibility index (Phi) is 3.56. The number of piperidine rings is 3. The Bertz CT molecular complexity index is 852. The number of thiophene rings is 1. The second-order valence-electron chi connectivity index (χ2n) is 7.49. The van der Waals surface area contributed by atoms with Crippen molar-refractivity contribution in [1.29, 1.82) is 0 Å². The summed E-state index contributed by atoms with van der Waals surface area (Å²) in [4.78, 5) is 16.3. The summed E-state index contributed by atoms with van der Waals surface area (Å²) in [5, 5.41) is 4.98. The van der Waals surface area contributed by atoms with Crippen LogP contribution in [0.1, 0.15) is 35.4 Å². The van der Waals surface area contributed by atoms with Gasteiger partial charge >= 0.3 is 0 Å². The molecule has 4 fully saturated rings. The highest BCUT2D eigenvalue weighted by Gasteiger charge is 2.60. The van der Waals surface area contributed by atoms with E-state index in [0.29, 0.717) is 22.7 Å². The van der Waals surface area contributed by atoms with Gasteiger partial charge in [0.15, 0.2) is 5.75 Å². The van der Waals surface area contributed by atoms with Gasteiger partial charge in [-0.1, -0.05) is 17.7 Å². The minimum Gasteiger partial charge on any atom is -0.494 e. The topological polar surface area (TPSA) is 41.6 Å². The summed E-state index contributed by atoms with van der Waals surface area (Å²) in [5.41, 5.74) is 0.258. The van der Waals surface area contributed by atoms with Crippen molar-refractivity contribution in [3.63, 3.8) is 0 Å². The van der Waals surface area contributed by atoms with Crippen LogP contribution in [-0.4, -0.2) is 42.6 Å². The maximum Gasteiger partial charge on any atom is 0.261 e. The monoisotopic (exact) mass is 376 g/mol. The average molecular weight is 377 g/mol. The van der Waals surface area contributed by atoms with Gasteiger partial charge < -0.3 is 10.1 Å². The predicted octanol–water partition coefficient (Wildman–Crippen LogP) is 3.92. The second kappa shape index (κ2) is 5.60. The Hall–Kier alpha value is -1.30. The summed E-state index contributed by atoms with van der Waals surface area (Å²) >= 11 is 7.68. The highest BCUT2D eigenvalue weighted by atomic mass is 35.5. The summed E-state index contributed by atoms with van der Waals surface area (Å²) in [6.07, 6.45) is 4.87. The molecule has 1 aromatic heterocycles. The van der Waals surface area contributed by atoms with Crippen molar-refractivity contribution < 1.29 is 9.53 Å². The first-order valence-electron chi connectivity index (χ1n) is 8.94. The minimum absolute atomic E-state index is 0.0457. The lowest BCUT2D eigenvalue weighted by molar-refractivity contribution is -0.00138. The number of rotatable bonds is 3. The Balaban J connectivity index is 1.44. The molecule has 4 heterocycles. The number of carbonyl (C=O) groups is 1. The van der Waals surface area contributed by atoms with Gasteiger partial charge in [0.25, 0.3) is 5.91 Å². The first-order chi connectivity index (χ1) is 12.1. The standard InChI is InChI=1S/C19H21ClN2O2S/c1-24-15-13(20)3-2-12-10-14(25-16(12)15)18(23)21-17-11-4-8-22(9-5-11)19(17)6-7-19/h2-3,10-11,17H,4-9H2,1H3,(H,21,23)/t17-/m0/s1. The smallest absolute Gasteiger partial charge is 0.261 e. The molecule has 6 heteroatoms. The van der Waals surface area contributed by atoms with Crippen LogP contribution in [0.25, 0.3) is 10.1 Å². The van der Waals surface area contributed by atoms with Gasteiger partial charge in [-0.15, -0.1) is 11.3 Å². The molecule has 3 aliphatic heterocycles. The molecule has 1 spiro atoms. The number of methoxy groups -OCH3 is 1. The van der Waals surface area contributed by atoms with E-state index in [4.69, 9.17) is 16.3 Å². The van der Waals surface area contributed by atoms with E-state index in [9.17, 15) is 4.79 Å². The molecule has 1 aromatic carbocycles. The molecule has 4 nitrogen and oxygen atoms in total. The van der Waals surface area contributed by atoms with Crippen molar-refractivity contribution in [3.05, 3.63) is 28.1 Å². The maximum absolute atomic E-state index is 13.0. The van der Waals surface area contributed by atoms with E-state index in [2.05, 4.69) is 10.2 Å². The molecule has 1 saturated carbocycles. The van der Waals surface area contributed by atoms with Gasteiger partial charge in [-0.2, -0.15) is 0 Å². The lowest BCUT2D eigenvalue weighted by atomic mass is 9.77. The van der Waals surface area contributed by atoms with Gasteiger partial charge in [0.1, 0.15) is 0 Å². The first-order valence-corrected chi connectivity index (χ1v) is 10.1. The van der Waals surface area contributed by atoms with Crippen molar-refractivity contribution in [2.75, 3.05) is 20.2 Å². The molecule has 0 unspecified atom stereocenters. The van der Waals surface area contributed by atoms with Crippen LogP contribution in [0.15, 0.2) is 18.2 Å². The zero-order valence-corrected chi connectivity index (χ0v) is 15.8. The average Bonchev–Trinajstić information content (AvgIpc) is 3.28. The van der Waals surface area contributed by atoms with E-state index in [1.165, 1.54) is 50.1 Å². The minimum atomic E-state index is 0.0457. The second-order valence-corrected chi connectivity index (χ2v) is 8.95. The molecule has 1 aliphatic carbocycles. The fourth-order valence-electron chi connectivity index (χ4n) is 4.89. The highest BCUT2D eigenvalue weighted by Crippen LogP contribution is 2.53. The van der Waals surface area contributed by atoms with E-state index >= 15 is 0 Å².